The molecule has 1 fully saturated rings. The van der Waals surface area contributed by atoms with Gasteiger partial charge in [-0.25, -0.2) is 0 Å². The minimum absolute atomic E-state index is 0.313. The third-order valence-corrected chi connectivity index (χ3v) is 1.76. The summed E-state index contributed by atoms with van der Waals surface area (Å²) in [7, 11) is 0. The molecule has 4 heteroatoms. The molecule has 1 aliphatic heterocycles. The smallest absolute Gasteiger partial charge is 0.300 e. The first-order chi connectivity index (χ1) is 6.07. The van der Waals surface area contributed by atoms with E-state index >= 15 is 0 Å². The van der Waals surface area contributed by atoms with E-state index in [4.69, 9.17) is 9.90 Å². The molecule has 0 aromatic heterocycles. The highest BCUT2D eigenvalue weighted by atomic mass is 16.4. The molecule has 1 saturated heterocycles. The van der Waals surface area contributed by atoms with E-state index in [0.717, 1.165) is 20.0 Å². The van der Waals surface area contributed by atoms with E-state index < -0.39 is 5.97 Å². The van der Waals surface area contributed by atoms with Crippen molar-refractivity contribution in [1.82, 2.24) is 4.90 Å². The summed E-state index contributed by atoms with van der Waals surface area (Å²) in [6.07, 6.45) is 3.07. The van der Waals surface area contributed by atoms with Crippen LogP contribution in [0.1, 0.15) is 33.1 Å². The second-order valence-corrected chi connectivity index (χ2v) is 2.96. The van der Waals surface area contributed by atoms with Crippen molar-refractivity contribution < 1.29 is 14.7 Å². The van der Waals surface area contributed by atoms with E-state index in [1.54, 1.807) is 0 Å². The predicted octanol–water partition coefficient (Wildman–Crippen LogP) is 1.11. The summed E-state index contributed by atoms with van der Waals surface area (Å²) < 4.78 is 0. The van der Waals surface area contributed by atoms with Crippen LogP contribution in [0, 0.1) is 0 Å². The lowest BCUT2D eigenvalue weighted by molar-refractivity contribution is -0.134. The Bertz CT molecular complexity index is 170. The van der Waals surface area contributed by atoms with E-state index in [1.165, 1.54) is 12.8 Å². The summed E-state index contributed by atoms with van der Waals surface area (Å²) in [4.78, 5) is 21.9. The fourth-order valence-electron chi connectivity index (χ4n) is 1.19. The molecular formula is C9H17NO3. The average Bonchev–Trinajstić information content (AvgIpc) is 2.54. The van der Waals surface area contributed by atoms with Crippen LogP contribution < -0.4 is 0 Å². The first-order valence-electron chi connectivity index (χ1n) is 4.55. The largest absolute Gasteiger partial charge is 0.481 e. The number of carbonyl (C=O) groups excluding carboxylic acids is 1. The zero-order valence-electron chi connectivity index (χ0n) is 8.25. The molecule has 4 nitrogen and oxygen atoms in total. The molecule has 0 unspecified atom stereocenters. The summed E-state index contributed by atoms with van der Waals surface area (Å²) in [5.74, 6) is -0.521. The molecule has 76 valence electrons. The second kappa shape index (κ2) is 6.46. The Kier molecular flexibility index (Phi) is 5.93. The van der Waals surface area contributed by atoms with E-state index in [9.17, 15) is 4.79 Å². The molecule has 0 aromatic rings. The van der Waals surface area contributed by atoms with Crippen LogP contribution in [0.2, 0.25) is 0 Å². The van der Waals surface area contributed by atoms with Crippen LogP contribution in [0.5, 0.6) is 0 Å². The van der Waals surface area contributed by atoms with Crippen LogP contribution in [0.4, 0.5) is 0 Å². The zero-order valence-corrected chi connectivity index (χ0v) is 8.25. The number of carboxylic acid groups (broad SMARTS) is 1. The van der Waals surface area contributed by atoms with Gasteiger partial charge in [0.1, 0.15) is 0 Å². The van der Waals surface area contributed by atoms with E-state index in [-0.39, 0.29) is 0 Å². The average molecular weight is 187 g/mol. The number of hydrogen-bond acceptors (Lipinski definition) is 2. The first-order valence-corrected chi connectivity index (χ1v) is 4.55. The molecular weight excluding hydrogens is 170 g/mol. The highest BCUT2D eigenvalue weighted by molar-refractivity contribution is 5.75. The molecule has 0 atom stereocenters. The SMILES string of the molecule is CC(=O)O.CCC(=O)N1CCCC1. The van der Waals surface area contributed by atoms with Gasteiger partial charge in [-0.05, 0) is 12.8 Å². The molecule has 0 spiro atoms. The number of aliphatic carboxylic acids is 1. The third kappa shape index (κ3) is 6.13. The summed E-state index contributed by atoms with van der Waals surface area (Å²) in [5.41, 5.74) is 0. The first kappa shape index (κ1) is 11.9. The lowest BCUT2D eigenvalue weighted by atomic mass is 10.4. The lowest BCUT2D eigenvalue weighted by Crippen LogP contribution is -2.26. The van der Waals surface area contributed by atoms with E-state index in [1.807, 2.05) is 11.8 Å². The van der Waals surface area contributed by atoms with Crippen molar-refractivity contribution in [3.63, 3.8) is 0 Å². The van der Waals surface area contributed by atoms with Crippen LogP contribution in [-0.2, 0) is 9.59 Å². The number of rotatable bonds is 1. The van der Waals surface area contributed by atoms with Crippen LogP contribution in [0.3, 0.4) is 0 Å². The summed E-state index contributed by atoms with van der Waals surface area (Å²) >= 11 is 0. The third-order valence-electron chi connectivity index (χ3n) is 1.76. The Hall–Kier alpha value is -1.06. The minimum Gasteiger partial charge on any atom is -0.481 e. The Morgan fingerprint density at radius 1 is 1.31 bits per heavy atom. The quantitative estimate of drug-likeness (QED) is 0.669. The summed E-state index contributed by atoms with van der Waals surface area (Å²) in [6, 6.07) is 0. The van der Waals surface area contributed by atoms with Crippen LogP contribution >= 0.6 is 0 Å². The number of nitrogens with zero attached hydrogens (tertiary/aromatic N) is 1. The predicted molar refractivity (Wildman–Crippen MR) is 49.4 cm³/mol. The van der Waals surface area contributed by atoms with Gasteiger partial charge in [0.25, 0.3) is 5.97 Å². The van der Waals surface area contributed by atoms with Gasteiger partial charge in [-0.2, -0.15) is 0 Å². The lowest BCUT2D eigenvalue weighted by Gasteiger charge is -2.12. The molecule has 1 heterocycles. The van der Waals surface area contributed by atoms with Crippen molar-refractivity contribution in [2.24, 2.45) is 0 Å². The maximum atomic E-state index is 10.9. The molecule has 0 radical (unpaired) electrons. The van der Waals surface area contributed by atoms with Crippen molar-refractivity contribution >= 4 is 11.9 Å². The maximum Gasteiger partial charge on any atom is 0.300 e. The van der Waals surface area contributed by atoms with Crippen molar-refractivity contribution in [3.05, 3.63) is 0 Å². The Labute approximate surface area is 78.5 Å². The zero-order chi connectivity index (χ0) is 10.3. The number of likely N-dealkylation sites (tertiary alicyclic amines) is 1. The summed E-state index contributed by atoms with van der Waals surface area (Å²) in [6.45, 7) is 4.99. The van der Waals surface area contributed by atoms with Crippen LogP contribution in [0.15, 0.2) is 0 Å². The van der Waals surface area contributed by atoms with Gasteiger partial charge in [0, 0.05) is 26.4 Å². The molecule has 1 rings (SSSR count). The number of hydrogen-bond donors (Lipinski definition) is 1. The minimum atomic E-state index is -0.833. The van der Waals surface area contributed by atoms with Gasteiger partial charge >= 0.3 is 0 Å². The molecule has 0 saturated carbocycles. The van der Waals surface area contributed by atoms with Crippen molar-refractivity contribution in [2.45, 2.75) is 33.1 Å². The Morgan fingerprint density at radius 2 is 1.69 bits per heavy atom. The summed E-state index contributed by atoms with van der Waals surface area (Å²) in [5, 5.41) is 7.42. The van der Waals surface area contributed by atoms with Crippen molar-refractivity contribution in [1.29, 1.82) is 0 Å². The molecule has 0 aromatic carbocycles. The highest BCUT2D eigenvalue weighted by Crippen LogP contribution is 2.07. The van der Waals surface area contributed by atoms with Gasteiger partial charge in [-0.15, -0.1) is 0 Å². The van der Waals surface area contributed by atoms with Gasteiger partial charge in [-0.3, -0.25) is 9.59 Å². The fourth-order valence-corrected chi connectivity index (χ4v) is 1.19. The number of amides is 1. The van der Waals surface area contributed by atoms with Gasteiger partial charge < -0.3 is 10.0 Å². The molecule has 1 amide bonds. The van der Waals surface area contributed by atoms with E-state index in [2.05, 4.69) is 0 Å². The van der Waals surface area contributed by atoms with Gasteiger partial charge in [0.05, 0.1) is 0 Å². The molecule has 13 heavy (non-hydrogen) atoms. The Balaban J connectivity index is 0.000000310. The van der Waals surface area contributed by atoms with Gasteiger partial charge in [0.2, 0.25) is 5.91 Å². The maximum absolute atomic E-state index is 10.9. The standard InChI is InChI=1S/C7H13NO.C2H4O2/c1-2-7(9)8-5-3-4-6-8;1-2(3)4/h2-6H2,1H3;1H3,(H,3,4). The van der Waals surface area contributed by atoms with Gasteiger partial charge in [0.15, 0.2) is 0 Å². The number of carbonyl (C=O) groups is 2. The Morgan fingerprint density at radius 3 is 2.00 bits per heavy atom. The van der Waals surface area contributed by atoms with Crippen molar-refractivity contribution in [2.75, 3.05) is 13.1 Å². The van der Waals surface area contributed by atoms with Crippen molar-refractivity contribution in [3.8, 4) is 0 Å². The van der Waals surface area contributed by atoms with Crippen LogP contribution in [-0.4, -0.2) is 35.0 Å². The van der Waals surface area contributed by atoms with Crippen LogP contribution in [0.25, 0.3) is 0 Å². The fraction of sp³-hybridized carbons (Fsp3) is 0.778. The van der Waals surface area contributed by atoms with E-state index in [0.29, 0.717) is 12.3 Å². The molecule has 0 bridgehead atoms. The highest BCUT2D eigenvalue weighted by Gasteiger charge is 2.14. The topological polar surface area (TPSA) is 57.6 Å². The van der Waals surface area contributed by atoms with Gasteiger partial charge in [-0.1, -0.05) is 6.92 Å². The molecule has 1 N–H and O–H groups in total. The second-order valence-electron chi connectivity index (χ2n) is 2.96. The molecule has 0 aliphatic carbocycles. The normalized spacial score (nSPS) is 14.8. The number of carboxylic acids is 1. The molecule has 1 aliphatic rings. The monoisotopic (exact) mass is 187 g/mol.